The first-order valence-corrected chi connectivity index (χ1v) is 8.80. The smallest absolute Gasteiger partial charge is 0.155 e. The van der Waals surface area contributed by atoms with Crippen molar-refractivity contribution in [3.05, 3.63) is 30.4 Å². The summed E-state index contributed by atoms with van der Waals surface area (Å²) in [6.45, 7) is 3.35. The highest BCUT2D eigenvalue weighted by Gasteiger charge is 2.31. The topological polar surface area (TPSA) is 80.5 Å². The van der Waals surface area contributed by atoms with Gasteiger partial charge in [0.2, 0.25) is 0 Å². The zero-order chi connectivity index (χ0) is 18.1. The molecule has 0 spiro atoms. The van der Waals surface area contributed by atoms with Crippen molar-refractivity contribution in [2.75, 3.05) is 25.0 Å². The Bertz CT molecular complexity index is 930. The quantitative estimate of drug-likeness (QED) is 0.747. The van der Waals surface area contributed by atoms with Crippen molar-refractivity contribution in [1.82, 2.24) is 30.0 Å². The van der Waals surface area contributed by atoms with E-state index in [0.29, 0.717) is 24.3 Å². The third kappa shape index (κ3) is 3.24. The van der Waals surface area contributed by atoms with Crippen LogP contribution in [0, 0.1) is 6.92 Å². The maximum absolute atomic E-state index is 14.9. The van der Waals surface area contributed by atoms with Crippen LogP contribution in [0.3, 0.4) is 0 Å². The van der Waals surface area contributed by atoms with Crippen molar-refractivity contribution < 1.29 is 4.39 Å². The summed E-state index contributed by atoms with van der Waals surface area (Å²) in [5.74, 6) is 0.552. The molecule has 0 aromatic carbocycles. The minimum absolute atomic E-state index is 0.189. The first-order valence-electron chi connectivity index (χ1n) is 8.80. The normalized spacial score (nSPS) is 20.4. The standard InChI is InChI=1S/C18H22FN7/c1-12-13(9-26(2)25-12)14-8-15-16(22-7-6-21-15)17(24-14)23-11-18(19)4-3-5-20-10-18/h6-9,20H,3-5,10-11H2,1-2H3,(H,23,24). The van der Waals surface area contributed by atoms with Crippen LogP contribution in [-0.4, -0.2) is 50.0 Å². The fourth-order valence-corrected chi connectivity index (χ4v) is 3.41. The van der Waals surface area contributed by atoms with E-state index in [1.807, 2.05) is 26.2 Å². The van der Waals surface area contributed by atoms with Gasteiger partial charge in [-0.2, -0.15) is 5.10 Å². The lowest BCUT2D eigenvalue weighted by atomic mass is 9.96. The number of pyridine rings is 1. The maximum atomic E-state index is 14.9. The Morgan fingerprint density at radius 1 is 1.35 bits per heavy atom. The van der Waals surface area contributed by atoms with E-state index in [9.17, 15) is 4.39 Å². The van der Waals surface area contributed by atoms with E-state index >= 15 is 0 Å². The summed E-state index contributed by atoms with van der Waals surface area (Å²) in [5.41, 5.74) is 2.64. The number of aryl methyl sites for hydroxylation is 2. The zero-order valence-electron chi connectivity index (χ0n) is 15.0. The van der Waals surface area contributed by atoms with Gasteiger partial charge in [-0.15, -0.1) is 0 Å². The highest BCUT2D eigenvalue weighted by atomic mass is 19.1. The van der Waals surface area contributed by atoms with E-state index in [1.54, 1.807) is 17.1 Å². The minimum Gasteiger partial charge on any atom is -0.365 e. The summed E-state index contributed by atoms with van der Waals surface area (Å²) < 4.78 is 16.7. The van der Waals surface area contributed by atoms with E-state index in [4.69, 9.17) is 4.98 Å². The molecule has 3 aromatic rings. The number of nitrogens with one attached hydrogen (secondary N) is 2. The molecule has 0 aliphatic carbocycles. The summed E-state index contributed by atoms with van der Waals surface area (Å²) in [4.78, 5) is 13.5. The second-order valence-electron chi connectivity index (χ2n) is 6.87. The molecule has 4 heterocycles. The SMILES string of the molecule is Cc1nn(C)cc1-c1cc2nccnc2c(NCC2(F)CCCNC2)n1. The number of hydrogen-bond donors (Lipinski definition) is 2. The minimum atomic E-state index is -1.28. The molecule has 1 unspecified atom stereocenters. The number of piperidine rings is 1. The molecule has 1 aliphatic rings. The number of nitrogens with zero attached hydrogens (tertiary/aromatic N) is 5. The monoisotopic (exact) mass is 355 g/mol. The Hall–Kier alpha value is -2.61. The molecule has 3 aromatic heterocycles. The lowest BCUT2D eigenvalue weighted by Crippen LogP contribution is -2.46. The fourth-order valence-electron chi connectivity index (χ4n) is 3.41. The van der Waals surface area contributed by atoms with Gasteiger partial charge >= 0.3 is 0 Å². The van der Waals surface area contributed by atoms with Crippen molar-refractivity contribution >= 4 is 16.9 Å². The van der Waals surface area contributed by atoms with Gasteiger partial charge in [0, 0.05) is 37.7 Å². The third-order valence-corrected chi connectivity index (χ3v) is 4.74. The van der Waals surface area contributed by atoms with Crippen molar-refractivity contribution in [3.63, 3.8) is 0 Å². The highest BCUT2D eigenvalue weighted by molar-refractivity contribution is 5.88. The number of fused-ring (bicyclic) bond motifs is 1. The Balaban J connectivity index is 1.71. The van der Waals surface area contributed by atoms with Crippen molar-refractivity contribution in [2.24, 2.45) is 7.05 Å². The van der Waals surface area contributed by atoms with Crippen LogP contribution in [0.4, 0.5) is 10.2 Å². The van der Waals surface area contributed by atoms with Gasteiger partial charge < -0.3 is 10.6 Å². The van der Waals surface area contributed by atoms with E-state index < -0.39 is 5.67 Å². The summed E-state index contributed by atoms with van der Waals surface area (Å²) in [6.07, 6.45) is 6.57. The van der Waals surface area contributed by atoms with Crippen LogP contribution in [0.25, 0.3) is 22.3 Å². The van der Waals surface area contributed by atoms with Gasteiger partial charge in [-0.05, 0) is 32.4 Å². The average Bonchev–Trinajstić information content (AvgIpc) is 2.98. The Morgan fingerprint density at radius 3 is 2.92 bits per heavy atom. The molecular weight excluding hydrogens is 333 g/mol. The number of rotatable bonds is 4. The maximum Gasteiger partial charge on any atom is 0.155 e. The second-order valence-corrected chi connectivity index (χ2v) is 6.87. The predicted molar refractivity (Wildman–Crippen MR) is 98.7 cm³/mol. The molecule has 2 N–H and O–H groups in total. The fraction of sp³-hybridized carbons (Fsp3) is 0.444. The number of anilines is 1. The number of hydrogen-bond acceptors (Lipinski definition) is 6. The van der Waals surface area contributed by atoms with Crippen molar-refractivity contribution in [2.45, 2.75) is 25.4 Å². The van der Waals surface area contributed by atoms with Gasteiger partial charge in [0.15, 0.2) is 5.82 Å². The molecule has 0 bridgehead atoms. The summed E-state index contributed by atoms with van der Waals surface area (Å²) in [6, 6.07) is 1.89. The molecular formula is C18H22FN7. The summed E-state index contributed by atoms with van der Waals surface area (Å²) >= 11 is 0. The Kier molecular flexibility index (Phi) is 4.28. The molecule has 0 radical (unpaired) electrons. The van der Waals surface area contributed by atoms with Gasteiger partial charge in [0.1, 0.15) is 11.2 Å². The molecule has 1 saturated heterocycles. The first kappa shape index (κ1) is 16.8. The Morgan fingerprint density at radius 2 is 2.19 bits per heavy atom. The highest BCUT2D eigenvalue weighted by Crippen LogP contribution is 2.28. The molecule has 1 atom stereocenters. The predicted octanol–water partition coefficient (Wildman–Crippen LogP) is 2.24. The first-order chi connectivity index (χ1) is 12.5. The van der Waals surface area contributed by atoms with Crippen LogP contribution in [0.5, 0.6) is 0 Å². The molecule has 0 amide bonds. The van der Waals surface area contributed by atoms with E-state index in [0.717, 1.165) is 35.4 Å². The van der Waals surface area contributed by atoms with Crippen LogP contribution in [0.2, 0.25) is 0 Å². The van der Waals surface area contributed by atoms with Gasteiger partial charge in [-0.25, -0.2) is 14.4 Å². The molecule has 1 aliphatic heterocycles. The molecule has 136 valence electrons. The Labute approximate surface area is 151 Å². The van der Waals surface area contributed by atoms with Crippen molar-refractivity contribution in [1.29, 1.82) is 0 Å². The average molecular weight is 355 g/mol. The molecule has 26 heavy (non-hydrogen) atoms. The number of alkyl halides is 1. The van der Waals surface area contributed by atoms with Gasteiger partial charge in [-0.1, -0.05) is 0 Å². The van der Waals surface area contributed by atoms with E-state index in [-0.39, 0.29) is 6.54 Å². The van der Waals surface area contributed by atoms with Gasteiger partial charge in [0.25, 0.3) is 0 Å². The number of halogens is 1. The lowest BCUT2D eigenvalue weighted by Gasteiger charge is -2.30. The van der Waals surface area contributed by atoms with Crippen LogP contribution >= 0.6 is 0 Å². The van der Waals surface area contributed by atoms with Crippen LogP contribution in [-0.2, 0) is 7.05 Å². The molecule has 8 heteroatoms. The molecule has 1 fully saturated rings. The van der Waals surface area contributed by atoms with Crippen molar-refractivity contribution in [3.8, 4) is 11.3 Å². The van der Waals surface area contributed by atoms with E-state index in [2.05, 4.69) is 25.7 Å². The van der Waals surface area contributed by atoms with Crippen LogP contribution in [0.15, 0.2) is 24.7 Å². The van der Waals surface area contributed by atoms with Crippen LogP contribution in [0.1, 0.15) is 18.5 Å². The van der Waals surface area contributed by atoms with Crippen LogP contribution < -0.4 is 10.6 Å². The summed E-state index contributed by atoms with van der Waals surface area (Å²) in [5, 5.41) is 10.7. The third-order valence-electron chi connectivity index (χ3n) is 4.74. The molecule has 4 rings (SSSR count). The molecule has 0 saturated carbocycles. The summed E-state index contributed by atoms with van der Waals surface area (Å²) in [7, 11) is 1.87. The number of aromatic nitrogens is 5. The van der Waals surface area contributed by atoms with E-state index in [1.165, 1.54) is 0 Å². The zero-order valence-corrected chi connectivity index (χ0v) is 15.0. The second kappa shape index (κ2) is 6.60. The largest absolute Gasteiger partial charge is 0.365 e. The molecule has 7 nitrogen and oxygen atoms in total. The van der Waals surface area contributed by atoms with Gasteiger partial charge in [0.05, 0.1) is 23.4 Å². The van der Waals surface area contributed by atoms with Gasteiger partial charge in [-0.3, -0.25) is 9.67 Å². The lowest BCUT2D eigenvalue weighted by molar-refractivity contribution is 0.137.